The third kappa shape index (κ3) is 4.91. The van der Waals surface area contributed by atoms with E-state index in [9.17, 15) is 31.1 Å². The first-order valence-corrected chi connectivity index (χ1v) is 9.88. The summed E-state index contributed by atoms with van der Waals surface area (Å²) in [6.07, 6.45) is -8.55. The molecule has 0 aliphatic carbocycles. The van der Waals surface area contributed by atoms with Gasteiger partial charge in [0.2, 0.25) is 0 Å². The zero-order valence-corrected chi connectivity index (χ0v) is 17.7. The summed E-state index contributed by atoms with van der Waals surface area (Å²) in [5.74, 6) is -0.782. The summed E-state index contributed by atoms with van der Waals surface area (Å²) >= 11 is 6.07. The molecule has 32 heavy (non-hydrogen) atoms. The van der Waals surface area contributed by atoms with Crippen LogP contribution in [0.5, 0.6) is 0 Å². The van der Waals surface area contributed by atoms with Gasteiger partial charge in [0.1, 0.15) is 0 Å². The van der Waals surface area contributed by atoms with Crippen LogP contribution in [-0.4, -0.2) is 25.7 Å². The number of anilines is 1. The molecule has 14 heteroatoms. The number of amides is 1. The fraction of sp³-hybridized carbons (Fsp3) is 0.222. The smallest absolute Gasteiger partial charge is 0.298 e. The van der Waals surface area contributed by atoms with Gasteiger partial charge >= 0.3 is 12.4 Å². The number of aromatic nitrogens is 4. The van der Waals surface area contributed by atoms with E-state index in [-0.39, 0.29) is 11.2 Å². The standard InChI is InChI=1S/C18H13F6N5OS2/c1-3-4-29-13(27-28-16(29)31)12-8(2)25-15(32-12)26-14(30)9-5-10(17(19,20)21)7-11(6-9)18(22,23)24/h3,5-7H,1,4H2,2H3,(H,28,31)(H,25,26,30). The maximum absolute atomic E-state index is 13.0. The molecule has 0 fully saturated rings. The van der Waals surface area contributed by atoms with Crippen molar-refractivity contribution >= 4 is 34.6 Å². The Morgan fingerprint density at radius 2 is 1.81 bits per heavy atom. The van der Waals surface area contributed by atoms with Crippen LogP contribution in [0.1, 0.15) is 27.2 Å². The topological polar surface area (TPSA) is 75.6 Å². The van der Waals surface area contributed by atoms with Crippen LogP contribution >= 0.6 is 23.6 Å². The zero-order valence-electron chi connectivity index (χ0n) is 16.1. The van der Waals surface area contributed by atoms with Gasteiger partial charge in [-0.15, -0.1) is 6.58 Å². The van der Waals surface area contributed by atoms with Crippen LogP contribution in [0.3, 0.4) is 0 Å². The number of H-pyrrole nitrogens is 1. The highest BCUT2D eigenvalue weighted by Gasteiger charge is 2.37. The van der Waals surface area contributed by atoms with E-state index >= 15 is 0 Å². The van der Waals surface area contributed by atoms with Crippen molar-refractivity contribution in [1.82, 2.24) is 19.7 Å². The molecular weight excluding hydrogens is 480 g/mol. The van der Waals surface area contributed by atoms with E-state index in [2.05, 4.69) is 27.1 Å². The van der Waals surface area contributed by atoms with Gasteiger partial charge in [0.25, 0.3) is 5.91 Å². The fourth-order valence-electron chi connectivity index (χ4n) is 2.70. The van der Waals surface area contributed by atoms with Gasteiger partial charge in [-0.25, -0.2) is 4.98 Å². The molecule has 0 saturated heterocycles. The fourth-order valence-corrected chi connectivity index (χ4v) is 3.87. The molecular formula is C18H13F6N5OS2. The number of hydrogen-bond donors (Lipinski definition) is 2. The highest BCUT2D eigenvalue weighted by atomic mass is 32.1. The molecule has 1 amide bonds. The molecule has 0 radical (unpaired) electrons. The molecule has 0 unspecified atom stereocenters. The molecule has 170 valence electrons. The minimum Gasteiger partial charge on any atom is -0.298 e. The van der Waals surface area contributed by atoms with Crippen LogP contribution in [-0.2, 0) is 18.9 Å². The lowest BCUT2D eigenvalue weighted by molar-refractivity contribution is -0.143. The summed E-state index contributed by atoms with van der Waals surface area (Å²) in [6.45, 7) is 5.55. The summed E-state index contributed by atoms with van der Waals surface area (Å²) in [5, 5.41) is 8.92. The number of aromatic amines is 1. The molecule has 6 nitrogen and oxygen atoms in total. The van der Waals surface area contributed by atoms with Crippen molar-refractivity contribution < 1.29 is 31.1 Å². The Morgan fingerprint density at radius 1 is 1.22 bits per heavy atom. The van der Waals surface area contributed by atoms with E-state index in [4.69, 9.17) is 12.2 Å². The van der Waals surface area contributed by atoms with Crippen molar-refractivity contribution in [2.24, 2.45) is 0 Å². The highest BCUT2D eigenvalue weighted by Crippen LogP contribution is 2.37. The average molecular weight is 493 g/mol. The number of carbonyl (C=O) groups is 1. The largest absolute Gasteiger partial charge is 0.416 e. The third-order valence-electron chi connectivity index (χ3n) is 4.14. The van der Waals surface area contributed by atoms with E-state index in [1.54, 1.807) is 17.6 Å². The number of nitrogens with one attached hydrogen (secondary N) is 2. The van der Waals surface area contributed by atoms with Crippen molar-refractivity contribution in [3.8, 4) is 10.7 Å². The Hall–Kier alpha value is -3.00. The van der Waals surface area contributed by atoms with Crippen molar-refractivity contribution in [2.75, 3.05) is 5.32 Å². The van der Waals surface area contributed by atoms with Crippen molar-refractivity contribution in [1.29, 1.82) is 0 Å². The highest BCUT2D eigenvalue weighted by molar-refractivity contribution is 7.71. The van der Waals surface area contributed by atoms with E-state index < -0.39 is 35.0 Å². The third-order valence-corrected chi connectivity index (χ3v) is 5.52. The van der Waals surface area contributed by atoms with E-state index in [1.807, 2.05) is 0 Å². The lowest BCUT2D eigenvalue weighted by atomic mass is 10.0. The molecule has 0 spiro atoms. The minimum atomic E-state index is -5.07. The lowest BCUT2D eigenvalue weighted by Gasteiger charge is -2.13. The first-order valence-electron chi connectivity index (χ1n) is 8.66. The molecule has 2 heterocycles. The molecule has 2 N–H and O–H groups in total. The summed E-state index contributed by atoms with van der Waals surface area (Å²) in [4.78, 5) is 17.1. The average Bonchev–Trinajstić information content (AvgIpc) is 3.22. The maximum atomic E-state index is 13.0. The van der Waals surface area contributed by atoms with Crippen LogP contribution < -0.4 is 5.32 Å². The molecule has 3 rings (SSSR count). The summed E-state index contributed by atoms with van der Waals surface area (Å²) in [6, 6.07) is 0.646. The van der Waals surface area contributed by atoms with Gasteiger partial charge in [0.15, 0.2) is 15.7 Å². The van der Waals surface area contributed by atoms with Gasteiger partial charge in [0, 0.05) is 12.1 Å². The Kier molecular flexibility index (Phi) is 6.29. The minimum absolute atomic E-state index is 0.0347. The number of carbonyl (C=O) groups excluding carboxylic acids is 1. The number of allylic oxidation sites excluding steroid dienone is 1. The number of alkyl halides is 6. The Labute approximate surface area is 185 Å². The van der Waals surface area contributed by atoms with Crippen molar-refractivity contribution in [2.45, 2.75) is 25.8 Å². The molecule has 0 saturated carbocycles. The summed E-state index contributed by atoms with van der Waals surface area (Å²) in [7, 11) is 0. The van der Waals surface area contributed by atoms with Gasteiger partial charge in [0.05, 0.1) is 21.7 Å². The van der Waals surface area contributed by atoms with Crippen molar-refractivity contribution in [3.63, 3.8) is 0 Å². The van der Waals surface area contributed by atoms with Crippen LogP contribution in [0.2, 0.25) is 0 Å². The molecule has 2 aromatic heterocycles. The Balaban J connectivity index is 1.96. The lowest BCUT2D eigenvalue weighted by Crippen LogP contribution is -2.17. The monoisotopic (exact) mass is 493 g/mol. The molecule has 0 aliphatic rings. The number of nitrogens with zero attached hydrogens (tertiary/aromatic N) is 3. The van der Waals surface area contributed by atoms with E-state index in [0.29, 0.717) is 39.8 Å². The maximum Gasteiger partial charge on any atom is 0.416 e. The Morgan fingerprint density at radius 3 is 2.34 bits per heavy atom. The second-order valence-corrected chi connectivity index (χ2v) is 7.82. The number of hydrogen-bond acceptors (Lipinski definition) is 5. The number of rotatable bonds is 5. The van der Waals surface area contributed by atoms with Crippen molar-refractivity contribution in [3.05, 3.63) is 58.0 Å². The number of halogens is 6. The number of thiazole rings is 1. The van der Waals surface area contributed by atoms with E-state index in [0.717, 1.165) is 11.3 Å². The van der Waals surface area contributed by atoms with Gasteiger partial charge < -0.3 is 0 Å². The molecule has 0 aliphatic heterocycles. The summed E-state index contributed by atoms with van der Waals surface area (Å²) < 4.78 is 80.1. The predicted molar refractivity (Wildman–Crippen MR) is 108 cm³/mol. The van der Waals surface area contributed by atoms with Gasteiger partial charge in [-0.3, -0.25) is 19.8 Å². The van der Waals surface area contributed by atoms with Gasteiger partial charge in [-0.05, 0) is 37.3 Å². The second-order valence-electron chi connectivity index (χ2n) is 6.43. The SMILES string of the molecule is C=CCn1c(-c2sc(NC(=O)c3cc(C(F)(F)F)cc(C(F)(F)F)c3)nc2C)n[nH]c1=S. The first-order chi connectivity index (χ1) is 14.8. The predicted octanol–water partition coefficient (Wildman–Crippen LogP) is 5.85. The molecule has 1 aromatic carbocycles. The summed E-state index contributed by atoms with van der Waals surface area (Å²) in [5.41, 5.74) is -3.57. The quantitative estimate of drug-likeness (QED) is 0.266. The zero-order chi connectivity index (χ0) is 23.8. The molecule has 3 aromatic rings. The van der Waals surface area contributed by atoms with E-state index in [1.165, 1.54) is 0 Å². The number of benzene rings is 1. The number of aryl methyl sites for hydroxylation is 1. The second kappa shape index (κ2) is 8.50. The molecule has 0 bridgehead atoms. The van der Waals surface area contributed by atoms with Crippen LogP contribution in [0.15, 0.2) is 30.9 Å². The first kappa shape index (κ1) is 23.7. The van der Waals surface area contributed by atoms with Crippen LogP contribution in [0, 0.1) is 11.7 Å². The Bertz CT molecular complexity index is 1210. The van der Waals surface area contributed by atoms with Gasteiger partial charge in [-0.1, -0.05) is 17.4 Å². The van der Waals surface area contributed by atoms with Crippen LogP contribution in [0.25, 0.3) is 10.7 Å². The van der Waals surface area contributed by atoms with Crippen LogP contribution in [0.4, 0.5) is 31.5 Å². The normalized spacial score (nSPS) is 12.1. The van der Waals surface area contributed by atoms with Gasteiger partial charge in [-0.2, -0.15) is 31.4 Å². The molecule has 0 atom stereocenters.